The molecule has 92 valence electrons. The molecule has 0 amide bonds. The van der Waals surface area contributed by atoms with Gasteiger partial charge in [-0.15, -0.1) is 0 Å². The highest BCUT2D eigenvalue weighted by atomic mass is 79.9. The average Bonchev–Trinajstić information content (AvgIpc) is 2.59. The lowest BCUT2D eigenvalue weighted by atomic mass is 10.1. The molecule has 1 aliphatic rings. The van der Waals surface area contributed by atoms with Gasteiger partial charge in [0.25, 0.3) is 0 Å². The highest BCUT2D eigenvalue weighted by Gasteiger charge is 2.36. The molecule has 1 fully saturated rings. The zero-order valence-electron chi connectivity index (χ0n) is 9.85. The van der Waals surface area contributed by atoms with E-state index in [9.17, 15) is 4.79 Å². The molecule has 1 unspecified atom stereocenters. The van der Waals surface area contributed by atoms with E-state index in [4.69, 9.17) is 9.47 Å². The van der Waals surface area contributed by atoms with Crippen LogP contribution in [0.2, 0.25) is 0 Å². The molecule has 0 spiro atoms. The van der Waals surface area contributed by atoms with Crippen LogP contribution in [0.15, 0.2) is 28.7 Å². The quantitative estimate of drug-likeness (QED) is 0.802. The summed E-state index contributed by atoms with van der Waals surface area (Å²) in [5.41, 5.74) is 0.860. The highest BCUT2D eigenvalue weighted by Crippen LogP contribution is 2.31. The summed E-state index contributed by atoms with van der Waals surface area (Å²) in [5, 5.41) is 0. The van der Waals surface area contributed by atoms with Crippen LogP contribution < -0.4 is 0 Å². The summed E-state index contributed by atoms with van der Waals surface area (Å²) in [4.78, 5) is 11.6. The van der Waals surface area contributed by atoms with Crippen molar-refractivity contribution in [2.75, 3.05) is 0 Å². The second kappa shape index (κ2) is 5.19. The van der Waals surface area contributed by atoms with Crippen molar-refractivity contribution in [3.05, 3.63) is 34.3 Å². The molecule has 1 aliphatic heterocycles. The van der Waals surface area contributed by atoms with E-state index in [1.807, 2.05) is 24.3 Å². The van der Waals surface area contributed by atoms with Gasteiger partial charge in [0.1, 0.15) is 0 Å². The Morgan fingerprint density at radius 2 is 2.18 bits per heavy atom. The Morgan fingerprint density at radius 1 is 1.41 bits per heavy atom. The Bertz CT molecular complexity index is 417. The van der Waals surface area contributed by atoms with Gasteiger partial charge in [-0.1, -0.05) is 41.9 Å². The summed E-state index contributed by atoms with van der Waals surface area (Å²) in [7, 11) is 0. The first-order valence-electron chi connectivity index (χ1n) is 5.67. The normalized spacial score (nSPS) is 24.1. The van der Waals surface area contributed by atoms with Crippen LogP contribution in [-0.2, 0) is 14.3 Å². The van der Waals surface area contributed by atoms with Crippen LogP contribution >= 0.6 is 15.9 Å². The number of hydrogen-bond donors (Lipinski definition) is 0. The number of esters is 1. The van der Waals surface area contributed by atoms with Gasteiger partial charge < -0.3 is 9.47 Å². The number of carbonyl (C=O) groups is 1. The number of rotatable bonds is 3. The molecule has 0 bridgehead atoms. The first-order valence-corrected chi connectivity index (χ1v) is 6.47. The standard InChI is InChI=1S/C13H15BrO3/c1-8(2)6-11-12(15)17-13(16-11)9-4-3-5-10(14)7-9/h3-5,7-8,11,13H,6H2,1-2H3/t11-,13?/m0/s1. The fraction of sp³-hybridized carbons (Fsp3) is 0.462. The van der Waals surface area contributed by atoms with Gasteiger partial charge in [0.2, 0.25) is 6.29 Å². The van der Waals surface area contributed by atoms with Gasteiger partial charge in [-0.2, -0.15) is 0 Å². The highest BCUT2D eigenvalue weighted by molar-refractivity contribution is 9.10. The zero-order valence-corrected chi connectivity index (χ0v) is 11.4. The lowest BCUT2D eigenvalue weighted by molar-refractivity contribution is -0.144. The largest absolute Gasteiger partial charge is 0.429 e. The van der Waals surface area contributed by atoms with E-state index >= 15 is 0 Å². The maximum absolute atomic E-state index is 11.6. The van der Waals surface area contributed by atoms with Crippen molar-refractivity contribution in [1.29, 1.82) is 0 Å². The van der Waals surface area contributed by atoms with Crippen molar-refractivity contribution >= 4 is 21.9 Å². The van der Waals surface area contributed by atoms with Gasteiger partial charge in [-0.3, -0.25) is 0 Å². The van der Waals surface area contributed by atoms with Crippen LogP contribution in [0.4, 0.5) is 0 Å². The van der Waals surface area contributed by atoms with Crippen LogP contribution in [-0.4, -0.2) is 12.1 Å². The molecule has 1 heterocycles. The van der Waals surface area contributed by atoms with E-state index in [2.05, 4.69) is 29.8 Å². The Labute approximate surface area is 109 Å². The van der Waals surface area contributed by atoms with E-state index in [1.54, 1.807) is 0 Å². The minimum atomic E-state index is -0.566. The Hall–Kier alpha value is -0.870. The second-order valence-corrected chi connectivity index (χ2v) is 5.49. The molecule has 0 radical (unpaired) electrons. The van der Waals surface area contributed by atoms with Gasteiger partial charge in [-0.05, 0) is 24.5 Å². The predicted octanol–water partition coefficient (Wildman–Crippen LogP) is 3.44. The smallest absolute Gasteiger partial charge is 0.338 e. The molecule has 4 heteroatoms. The summed E-state index contributed by atoms with van der Waals surface area (Å²) in [6, 6.07) is 7.61. The summed E-state index contributed by atoms with van der Waals surface area (Å²) in [5.74, 6) is 0.150. The number of benzene rings is 1. The van der Waals surface area contributed by atoms with Crippen LogP contribution in [0.25, 0.3) is 0 Å². The lowest BCUT2D eigenvalue weighted by Gasteiger charge is -2.11. The van der Waals surface area contributed by atoms with Crippen LogP contribution in [0.5, 0.6) is 0 Å². The van der Waals surface area contributed by atoms with Crippen molar-refractivity contribution in [3.8, 4) is 0 Å². The molecule has 0 aromatic heterocycles. The molecular formula is C13H15BrO3. The number of cyclic esters (lactones) is 1. The topological polar surface area (TPSA) is 35.5 Å². The van der Waals surface area contributed by atoms with Crippen molar-refractivity contribution in [2.45, 2.75) is 32.7 Å². The second-order valence-electron chi connectivity index (χ2n) is 4.58. The SMILES string of the molecule is CC(C)C[C@@H]1OC(c2cccc(Br)c2)OC1=O. The van der Waals surface area contributed by atoms with Crippen molar-refractivity contribution < 1.29 is 14.3 Å². The number of halogens is 1. The lowest BCUT2D eigenvalue weighted by Crippen LogP contribution is -2.18. The third-order valence-corrected chi connectivity index (χ3v) is 3.07. The molecular weight excluding hydrogens is 284 g/mol. The van der Waals surface area contributed by atoms with Crippen molar-refractivity contribution in [2.24, 2.45) is 5.92 Å². The van der Waals surface area contributed by atoms with Crippen molar-refractivity contribution in [3.63, 3.8) is 0 Å². The monoisotopic (exact) mass is 298 g/mol. The molecule has 0 saturated carbocycles. The van der Waals surface area contributed by atoms with Crippen LogP contribution in [0.1, 0.15) is 32.1 Å². The van der Waals surface area contributed by atoms with E-state index in [-0.39, 0.29) is 5.97 Å². The number of carbonyl (C=O) groups excluding carboxylic acids is 1. The predicted molar refractivity (Wildman–Crippen MR) is 67.3 cm³/mol. The summed E-state index contributed by atoms with van der Waals surface area (Å²) in [6.45, 7) is 4.12. The van der Waals surface area contributed by atoms with E-state index < -0.39 is 12.4 Å². The molecule has 1 aromatic rings. The molecule has 2 rings (SSSR count). The van der Waals surface area contributed by atoms with Gasteiger partial charge in [0, 0.05) is 10.0 Å². The third kappa shape index (κ3) is 3.07. The first kappa shape index (κ1) is 12.6. The Kier molecular flexibility index (Phi) is 3.84. The summed E-state index contributed by atoms with van der Waals surface area (Å²) < 4.78 is 11.8. The zero-order chi connectivity index (χ0) is 12.4. The molecule has 3 nitrogen and oxygen atoms in total. The van der Waals surface area contributed by atoms with Gasteiger partial charge in [-0.25, -0.2) is 4.79 Å². The summed E-state index contributed by atoms with van der Waals surface area (Å²) in [6.07, 6.45) is -0.300. The fourth-order valence-electron chi connectivity index (χ4n) is 1.79. The molecule has 0 N–H and O–H groups in total. The molecule has 1 saturated heterocycles. The van der Waals surface area contributed by atoms with E-state index in [1.165, 1.54) is 0 Å². The number of ether oxygens (including phenoxy) is 2. The van der Waals surface area contributed by atoms with Gasteiger partial charge in [0.05, 0.1) is 0 Å². The van der Waals surface area contributed by atoms with Crippen LogP contribution in [0, 0.1) is 5.92 Å². The Balaban J connectivity index is 2.08. The van der Waals surface area contributed by atoms with Gasteiger partial charge >= 0.3 is 5.97 Å². The molecule has 1 aromatic carbocycles. The van der Waals surface area contributed by atoms with E-state index in [0.717, 1.165) is 10.0 Å². The number of hydrogen-bond acceptors (Lipinski definition) is 3. The van der Waals surface area contributed by atoms with Crippen LogP contribution in [0.3, 0.4) is 0 Å². The molecule has 17 heavy (non-hydrogen) atoms. The van der Waals surface area contributed by atoms with Gasteiger partial charge in [0.15, 0.2) is 6.10 Å². The first-order chi connectivity index (χ1) is 8.06. The van der Waals surface area contributed by atoms with E-state index in [0.29, 0.717) is 12.3 Å². The minimum absolute atomic E-state index is 0.260. The minimum Gasteiger partial charge on any atom is -0.429 e. The Morgan fingerprint density at radius 3 is 2.82 bits per heavy atom. The fourth-order valence-corrected chi connectivity index (χ4v) is 2.21. The third-order valence-electron chi connectivity index (χ3n) is 2.58. The molecule has 2 atom stereocenters. The molecule has 0 aliphatic carbocycles. The summed E-state index contributed by atoms with van der Waals surface area (Å²) >= 11 is 3.38. The van der Waals surface area contributed by atoms with Crippen molar-refractivity contribution in [1.82, 2.24) is 0 Å². The average molecular weight is 299 g/mol. The maximum atomic E-state index is 11.6. The maximum Gasteiger partial charge on any atom is 0.338 e.